The smallest absolute Gasteiger partial charge is 0.325 e. The predicted molar refractivity (Wildman–Crippen MR) is 69.4 cm³/mol. The highest BCUT2D eigenvalue weighted by Crippen LogP contribution is 2.19. The van der Waals surface area contributed by atoms with E-state index >= 15 is 0 Å². The lowest BCUT2D eigenvalue weighted by molar-refractivity contribution is -0.139. The summed E-state index contributed by atoms with van der Waals surface area (Å²) in [7, 11) is 0. The van der Waals surface area contributed by atoms with E-state index < -0.39 is 18.6 Å². The van der Waals surface area contributed by atoms with Gasteiger partial charge >= 0.3 is 6.18 Å². The standard InChI is InChI=1S/C10H12F3N3OS.ClH/c1-2-3-16(6-10(11,12)13)9(17)7-5-18-8(4-14)15-7;/h2,5H,1,3-4,6,14H2;1H. The molecule has 4 nitrogen and oxygen atoms in total. The van der Waals surface area contributed by atoms with Gasteiger partial charge in [0.1, 0.15) is 17.2 Å². The average Bonchev–Trinajstić information content (AvgIpc) is 2.74. The van der Waals surface area contributed by atoms with E-state index in [-0.39, 0.29) is 31.2 Å². The Balaban J connectivity index is 0.00000324. The fraction of sp³-hybridized carbons (Fsp3) is 0.400. The van der Waals surface area contributed by atoms with Crippen molar-refractivity contribution in [3.05, 3.63) is 28.7 Å². The summed E-state index contributed by atoms with van der Waals surface area (Å²) >= 11 is 1.14. The highest BCUT2D eigenvalue weighted by molar-refractivity contribution is 7.09. The quantitative estimate of drug-likeness (QED) is 0.848. The van der Waals surface area contributed by atoms with Crippen LogP contribution in [0.4, 0.5) is 13.2 Å². The van der Waals surface area contributed by atoms with Crippen molar-refractivity contribution in [1.82, 2.24) is 9.88 Å². The Kier molecular flexibility index (Phi) is 7.02. The Hall–Kier alpha value is -1.12. The minimum absolute atomic E-state index is 0. The highest BCUT2D eigenvalue weighted by Gasteiger charge is 2.33. The van der Waals surface area contributed by atoms with Crippen molar-refractivity contribution in [1.29, 1.82) is 0 Å². The third-order valence-corrected chi connectivity index (χ3v) is 2.82. The van der Waals surface area contributed by atoms with E-state index in [1.165, 1.54) is 11.5 Å². The largest absolute Gasteiger partial charge is 0.406 e. The van der Waals surface area contributed by atoms with Gasteiger partial charge in [-0.3, -0.25) is 4.79 Å². The third-order valence-electron chi connectivity index (χ3n) is 1.95. The molecule has 0 aliphatic rings. The topological polar surface area (TPSA) is 59.2 Å². The number of rotatable bonds is 5. The highest BCUT2D eigenvalue weighted by atomic mass is 35.5. The first-order valence-corrected chi connectivity index (χ1v) is 5.86. The molecular weight excluding hydrogens is 303 g/mol. The molecule has 0 bridgehead atoms. The zero-order valence-electron chi connectivity index (χ0n) is 9.81. The van der Waals surface area contributed by atoms with Crippen LogP contribution in [0.3, 0.4) is 0 Å². The van der Waals surface area contributed by atoms with E-state index in [0.717, 1.165) is 11.3 Å². The Morgan fingerprint density at radius 1 is 1.58 bits per heavy atom. The zero-order valence-corrected chi connectivity index (χ0v) is 11.4. The minimum Gasteiger partial charge on any atom is -0.325 e. The van der Waals surface area contributed by atoms with Gasteiger partial charge in [0.25, 0.3) is 5.91 Å². The van der Waals surface area contributed by atoms with Gasteiger partial charge in [-0.2, -0.15) is 13.2 Å². The maximum atomic E-state index is 12.3. The van der Waals surface area contributed by atoms with Crippen molar-refractivity contribution in [2.45, 2.75) is 12.7 Å². The number of nitrogens with zero attached hydrogens (tertiary/aromatic N) is 2. The molecule has 0 saturated heterocycles. The van der Waals surface area contributed by atoms with Gasteiger partial charge in [-0.15, -0.1) is 30.3 Å². The predicted octanol–water partition coefficient (Wildman–Crippen LogP) is 2.21. The van der Waals surface area contributed by atoms with Crippen molar-refractivity contribution >= 4 is 29.7 Å². The molecule has 0 radical (unpaired) electrons. The van der Waals surface area contributed by atoms with E-state index in [4.69, 9.17) is 5.73 Å². The summed E-state index contributed by atoms with van der Waals surface area (Å²) in [5.41, 5.74) is 5.30. The van der Waals surface area contributed by atoms with E-state index in [1.54, 1.807) is 0 Å². The van der Waals surface area contributed by atoms with Crippen LogP contribution < -0.4 is 5.73 Å². The lowest BCUT2D eigenvalue weighted by Gasteiger charge is -2.21. The van der Waals surface area contributed by atoms with Gasteiger partial charge in [0.15, 0.2) is 0 Å². The number of hydrogen-bond donors (Lipinski definition) is 1. The molecule has 1 rings (SSSR count). The van der Waals surface area contributed by atoms with Crippen LogP contribution in [0, 0.1) is 0 Å². The van der Waals surface area contributed by atoms with Gasteiger partial charge in [0.05, 0.1) is 0 Å². The number of carbonyl (C=O) groups is 1. The summed E-state index contributed by atoms with van der Waals surface area (Å²) in [4.78, 5) is 16.3. The molecule has 1 aromatic rings. The monoisotopic (exact) mass is 315 g/mol. The van der Waals surface area contributed by atoms with Crippen LogP contribution in [0.2, 0.25) is 0 Å². The van der Waals surface area contributed by atoms with Crippen molar-refractivity contribution < 1.29 is 18.0 Å². The molecule has 2 N–H and O–H groups in total. The first-order chi connectivity index (χ1) is 8.37. The molecule has 0 aliphatic carbocycles. The Morgan fingerprint density at radius 3 is 2.63 bits per heavy atom. The second kappa shape index (κ2) is 7.46. The molecule has 9 heteroatoms. The average molecular weight is 316 g/mol. The summed E-state index contributed by atoms with van der Waals surface area (Å²) < 4.78 is 36.9. The molecule has 1 amide bonds. The number of thiazole rings is 1. The summed E-state index contributed by atoms with van der Waals surface area (Å²) in [6.45, 7) is 1.97. The van der Waals surface area contributed by atoms with Gasteiger partial charge in [0, 0.05) is 18.5 Å². The number of nitrogens with two attached hydrogens (primary N) is 1. The molecule has 0 spiro atoms. The van der Waals surface area contributed by atoms with Crippen LogP contribution in [0.5, 0.6) is 0 Å². The lowest BCUT2D eigenvalue weighted by Crippen LogP contribution is -2.39. The van der Waals surface area contributed by atoms with Crippen molar-refractivity contribution in [3.63, 3.8) is 0 Å². The Bertz CT molecular complexity index is 436. The lowest BCUT2D eigenvalue weighted by atomic mass is 10.3. The fourth-order valence-electron chi connectivity index (χ4n) is 1.26. The number of halogens is 4. The molecule has 0 atom stereocenters. The molecule has 0 unspecified atom stereocenters. The van der Waals surface area contributed by atoms with Gasteiger partial charge in [-0.1, -0.05) is 6.08 Å². The molecule has 0 fully saturated rings. The summed E-state index contributed by atoms with van der Waals surface area (Å²) in [5.74, 6) is -0.775. The molecule has 108 valence electrons. The molecule has 0 aliphatic heterocycles. The molecular formula is C10H13ClF3N3OS. The van der Waals surface area contributed by atoms with Crippen LogP contribution >= 0.6 is 23.7 Å². The third kappa shape index (κ3) is 5.58. The van der Waals surface area contributed by atoms with Crippen LogP contribution in [-0.4, -0.2) is 35.1 Å². The van der Waals surface area contributed by atoms with E-state index in [2.05, 4.69) is 11.6 Å². The van der Waals surface area contributed by atoms with Gasteiger partial charge in [0.2, 0.25) is 0 Å². The van der Waals surface area contributed by atoms with E-state index in [0.29, 0.717) is 9.91 Å². The summed E-state index contributed by atoms with van der Waals surface area (Å²) in [5, 5.41) is 1.90. The van der Waals surface area contributed by atoms with Crippen LogP contribution in [0.1, 0.15) is 15.5 Å². The van der Waals surface area contributed by atoms with Gasteiger partial charge in [-0.25, -0.2) is 4.98 Å². The molecule has 0 saturated carbocycles. The Morgan fingerprint density at radius 2 is 2.21 bits per heavy atom. The normalized spacial score (nSPS) is 10.7. The fourth-order valence-corrected chi connectivity index (χ4v) is 1.90. The maximum Gasteiger partial charge on any atom is 0.406 e. The summed E-state index contributed by atoms with van der Waals surface area (Å²) in [6.07, 6.45) is -3.22. The molecule has 0 aromatic carbocycles. The number of aromatic nitrogens is 1. The molecule has 1 aromatic heterocycles. The van der Waals surface area contributed by atoms with E-state index in [9.17, 15) is 18.0 Å². The Labute approximate surface area is 118 Å². The zero-order chi connectivity index (χ0) is 13.8. The molecule has 19 heavy (non-hydrogen) atoms. The maximum absolute atomic E-state index is 12.3. The number of alkyl halides is 3. The van der Waals surface area contributed by atoms with Crippen molar-refractivity contribution in [2.75, 3.05) is 13.1 Å². The minimum atomic E-state index is -4.45. The first-order valence-electron chi connectivity index (χ1n) is 4.98. The molecule has 1 heterocycles. The summed E-state index contributed by atoms with van der Waals surface area (Å²) in [6, 6.07) is 0. The van der Waals surface area contributed by atoms with Crippen molar-refractivity contribution in [2.24, 2.45) is 5.73 Å². The number of amides is 1. The SMILES string of the molecule is C=CCN(CC(F)(F)F)C(=O)c1csc(CN)n1.Cl. The number of carbonyl (C=O) groups excluding carboxylic acids is 1. The van der Waals surface area contributed by atoms with Crippen LogP contribution in [-0.2, 0) is 6.54 Å². The van der Waals surface area contributed by atoms with E-state index in [1.807, 2.05) is 0 Å². The van der Waals surface area contributed by atoms with Crippen LogP contribution in [0.25, 0.3) is 0 Å². The van der Waals surface area contributed by atoms with Crippen molar-refractivity contribution in [3.8, 4) is 0 Å². The van der Waals surface area contributed by atoms with Crippen LogP contribution in [0.15, 0.2) is 18.0 Å². The first kappa shape index (κ1) is 17.9. The second-order valence-electron chi connectivity index (χ2n) is 3.42. The second-order valence-corrected chi connectivity index (χ2v) is 4.36. The number of hydrogen-bond acceptors (Lipinski definition) is 4. The van der Waals surface area contributed by atoms with Gasteiger partial charge < -0.3 is 10.6 Å². The van der Waals surface area contributed by atoms with Gasteiger partial charge in [-0.05, 0) is 0 Å².